The number of hydrogen-bond acceptors (Lipinski definition) is 5. The summed E-state index contributed by atoms with van der Waals surface area (Å²) in [5.74, 6) is -1.65. The van der Waals surface area contributed by atoms with Crippen LogP contribution in [0.4, 0.5) is 0 Å². The molecular weight excluding hydrogens is 392 g/mol. The molecule has 0 aliphatic carbocycles. The van der Waals surface area contributed by atoms with Gasteiger partial charge in [-0.15, -0.1) is 0 Å². The number of thiol groups is 1. The van der Waals surface area contributed by atoms with Crippen molar-refractivity contribution in [1.29, 1.82) is 0 Å². The van der Waals surface area contributed by atoms with Crippen LogP contribution in [-0.4, -0.2) is 50.5 Å². The molecule has 0 aliphatic heterocycles. The van der Waals surface area contributed by atoms with Crippen LogP contribution in [0.1, 0.15) is 11.3 Å². The number of imidazole rings is 1. The highest BCUT2D eigenvalue weighted by Gasteiger charge is 2.26. The SMILES string of the molecule is NC(=O)[C@H](Cc1c[nH]c2ccccc12)NC(=O)[C@H](Cc1cnc[nH]1)NC(=O)CS. The van der Waals surface area contributed by atoms with Gasteiger partial charge in [0.05, 0.1) is 12.1 Å². The van der Waals surface area contributed by atoms with Crippen molar-refractivity contribution >= 4 is 41.3 Å². The minimum Gasteiger partial charge on any atom is -0.368 e. The molecule has 2 aromatic heterocycles. The van der Waals surface area contributed by atoms with E-state index in [1.165, 1.54) is 6.33 Å². The minimum atomic E-state index is -0.932. The first kappa shape index (κ1) is 20.5. The predicted octanol–water partition coefficient (Wildman–Crippen LogP) is 0.0609. The number of para-hydroxylation sites is 1. The molecule has 29 heavy (non-hydrogen) atoms. The first-order chi connectivity index (χ1) is 14.0. The molecule has 2 atom stereocenters. The average molecular weight is 414 g/mol. The molecule has 0 fully saturated rings. The van der Waals surface area contributed by atoms with Gasteiger partial charge >= 0.3 is 0 Å². The third kappa shape index (κ3) is 5.17. The zero-order chi connectivity index (χ0) is 20.8. The van der Waals surface area contributed by atoms with E-state index in [-0.39, 0.29) is 18.6 Å². The van der Waals surface area contributed by atoms with Crippen molar-refractivity contribution in [3.8, 4) is 0 Å². The number of aromatic amines is 2. The van der Waals surface area contributed by atoms with Gasteiger partial charge in [0.15, 0.2) is 0 Å². The number of primary amides is 1. The van der Waals surface area contributed by atoms with Gasteiger partial charge in [-0.3, -0.25) is 14.4 Å². The van der Waals surface area contributed by atoms with Gasteiger partial charge in [0.25, 0.3) is 0 Å². The molecule has 3 aromatic rings. The van der Waals surface area contributed by atoms with Crippen molar-refractivity contribution in [3.05, 3.63) is 54.2 Å². The molecule has 0 aliphatic rings. The number of amides is 3. The van der Waals surface area contributed by atoms with E-state index >= 15 is 0 Å². The van der Waals surface area contributed by atoms with Crippen LogP contribution in [0.25, 0.3) is 10.9 Å². The van der Waals surface area contributed by atoms with E-state index in [9.17, 15) is 14.4 Å². The lowest BCUT2D eigenvalue weighted by atomic mass is 10.0. The minimum absolute atomic E-state index is 0.0681. The van der Waals surface area contributed by atoms with Crippen molar-refractivity contribution < 1.29 is 14.4 Å². The van der Waals surface area contributed by atoms with E-state index in [4.69, 9.17) is 5.73 Å². The number of nitrogens with zero attached hydrogens (tertiary/aromatic N) is 1. The topological polar surface area (TPSA) is 146 Å². The summed E-state index contributed by atoms with van der Waals surface area (Å²) in [6.45, 7) is 0. The Morgan fingerprint density at radius 2 is 1.90 bits per heavy atom. The molecule has 9 nitrogen and oxygen atoms in total. The molecule has 0 radical (unpaired) electrons. The summed E-state index contributed by atoms with van der Waals surface area (Å²) < 4.78 is 0. The second-order valence-electron chi connectivity index (χ2n) is 6.59. The number of H-pyrrole nitrogens is 2. The Balaban J connectivity index is 1.75. The lowest BCUT2D eigenvalue weighted by Crippen LogP contribution is -2.54. The van der Waals surface area contributed by atoms with Crippen molar-refractivity contribution in [2.45, 2.75) is 24.9 Å². The number of carbonyl (C=O) groups excluding carboxylic acids is 3. The fourth-order valence-electron chi connectivity index (χ4n) is 3.08. The van der Waals surface area contributed by atoms with E-state index in [1.807, 2.05) is 24.3 Å². The van der Waals surface area contributed by atoms with E-state index in [2.05, 4.69) is 38.2 Å². The molecule has 0 spiro atoms. The van der Waals surface area contributed by atoms with Gasteiger partial charge in [-0.1, -0.05) is 18.2 Å². The maximum absolute atomic E-state index is 12.8. The third-order valence-corrected chi connectivity index (χ3v) is 4.82. The van der Waals surface area contributed by atoms with E-state index in [1.54, 1.807) is 12.4 Å². The summed E-state index contributed by atoms with van der Waals surface area (Å²) in [6, 6.07) is 5.81. The quantitative estimate of drug-likeness (QED) is 0.275. The highest BCUT2D eigenvalue weighted by atomic mass is 32.1. The lowest BCUT2D eigenvalue weighted by molar-refractivity contribution is -0.130. The number of benzene rings is 1. The Kier molecular flexibility index (Phi) is 6.55. The summed E-state index contributed by atoms with van der Waals surface area (Å²) in [6.07, 6.45) is 5.24. The van der Waals surface area contributed by atoms with Crippen LogP contribution in [0.2, 0.25) is 0 Å². The first-order valence-corrected chi connectivity index (χ1v) is 9.63. The summed E-state index contributed by atoms with van der Waals surface area (Å²) in [5, 5.41) is 6.21. The number of aromatic nitrogens is 3. The van der Waals surface area contributed by atoms with Gasteiger partial charge < -0.3 is 26.3 Å². The van der Waals surface area contributed by atoms with Crippen molar-refractivity contribution in [2.24, 2.45) is 5.73 Å². The van der Waals surface area contributed by atoms with Crippen LogP contribution in [0.5, 0.6) is 0 Å². The second kappa shape index (κ2) is 9.28. The Bertz CT molecular complexity index is 1000. The van der Waals surface area contributed by atoms with Gasteiger partial charge in [-0.25, -0.2) is 4.98 Å². The summed E-state index contributed by atoms with van der Waals surface area (Å²) in [4.78, 5) is 46.5. The van der Waals surface area contributed by atoms with Crippen molar-refractivity contribution in [2.75, 3.05) is 5.75 Å². The molecule has 2 heterocycles. The number of carbonyl (C=O) groups is 3. The second-order valence-corrected chi connectivity index (χ2v) is 6.90. The molecule has 152 valence electrons. The van der Waals surface area contributed by atoms with Gasteiger partial charge in [0.1, 0.15) is 12.1 Å². The zero-order valence-electron chi connectivity index (χ0n) is 15.5. The largest absolute Gasteiger partial charge is 0.368 e. The molecule has 3 amide bonds. The Morgan fingerprint density at radius 1 is 1.10 bits per heavy atom. The number of rotatable bonds is 9. The smallest absolute Gasteiger partial charge is 0.243 e. The number of nitrogens with one attached hydrogen (secondary N) is 4. The monoisotopic (exact) mass is 414 g/mol. The number of fused-ring (bicyclic) bond motifs is 1. The van der Waals surface area contributed by atoms with E-state index in [0.29, 0.717) is 5.69 Å². The summed E-state index contributed by atoms with van der Waals surface area (Å²) in [7, 11) is 0. The highest BCUT2D eigenvalue weighted by molar-refractivity contribution is 7.81. The van der Waals surface area contributed by atoms with Crippen LogP contribution < -0.4 is 16.4 Å². The Labute approximate surface area is 172 Å². The lowest BCUT2D eigenvalue weighted by Gasteiger charge is -2.21. The maximum Gasteiger partial charge on any atom is 0.243 e. The van der Waals surface area contributed by atoms with Crippen LogP contribution >= 0.6 is 12.6 Å². The molecular formula is C19H22N6O3S. The van der Waals surface area contributed by atoms with Gasteiger partial charge in [-0.2, -0.15) is 12.6 Å². The van der Waals surface area contributed by atoms with Crippen molar-refractivity contribution in [1.82, 2.24) is 25.6 Å². The van der Waals surface area contributed by atoms with Crippen LogP contribution in [-0.2, 0) is 27.2 Å². The van der Waals surface area contributed by atoms with E-state index in [0.717, 1.165) is 16.5 Å². The standard InChI is InChI=1S/C19H22N6O3S/c20-18(27)15(5-11-7-22-14-4-2-1-3-13(11)14)25-19(28)16(24-17(26)9-29)6-12-8-21-10-23-12/h1-4,7-8,10,15-16,22,29H,5-6,9H2,(H2,20,27)(H,21,23)(H,24,26)(H,25,28)/t15-,16-/m0/s1. The zero-order valence-corrected chi connectivity index (χ0v) is 16.4. The predicted molar refractivity (Wildman–Crippen MR) is 111 cm³/mol. The molecule has 1 aromatic carbocycles. The molecule has 0 unspecified atom stereocenters. The summed E-state index contributed by atoms with van der Waals surface area (Å²) in [5.41, 5.74) is 7.98. The van der Waals surface area contributed by atoms with E-state index < -0.39 is 29.8 Å². The molecule has 6 N–H and O–H groups in total. The number of hydrogen-bond donors (Lipinski definition) is 6. The van der Waals surface area contributed by atoms with Crippen LogP contribution in [0.15, 0.2) is 43.0 Å². The molecule has 0 saturated heterocycles. The van der Waals surface area contributed by atoms with Crippen LogP contribution in [0.3, 0.4) is 0 Å². The maximum atomic E-state index is 12.8. The first-order valence-electron chi connectivity index (χ1n) is 9.00. The Morgan fingerprint density at radius 3 is 2.59 bits per heavy atom. The highest BCUT2D eigenvalue weighted by Crippen LogP contribution is 2.19. The average Bonchev–Trinajstić information content (AvgIpc) is 3.36. The fraction of sp³-hybridized carbons (Fsp3) is 0.263. The third-order valence-electron chi connectivity index (χ3n) is 4.53. The van der Waals surface area contributed by atoms with Gasteiger partial charge in [0, 0.05) is 41.8 Å². The van der Waals surface area contributed by atoms with Crippen LogP contribution in [0, 0.1) is 0 Å². The molecule has 0 saturated carbocycles. The van der Waals surface area contributed by atoms with Gasteiger partial charge in [-0.05, 0) is 11.6 Å². The van der Waals surface area contributed by atoms with Crippen molar-refractivity contribution in [3.63, 3.8) is 0 Å². The Hall–Kier alpha value is -3.27. The normalized spacial score (nSPS) is 13.0. The molecule has 10 heteroatoms. The number of nitrogens with two attached hydrogens (primary N) is 1. The fourth-order valence-corrected chi connectivity index (χ4v) is 3.17. The molecule has 0 bridgehead atoms. The summed E-state index contributed by atoms with van der Waals surface area (Å²) >= 11 is 3.93. The molecule has 3 rings (SSSR count). The van der Waals surface area contributed by atoms with Gasteiger partial charge in [0.2, 0.25) is 17.7 Å².